The first-order chi connectivity index (χ1) is 11.0. The van der Waals surface area contributed by atoms with Gasteiger partial charge in [0, 0.05) is 6.54 Å². The summed E-state index contributed by atoms with van der Waals surface area (Å²) in [4.78, 5) is 27.9. The highest BCUT2D eigenvalue weighted by atomic mass is 35.5. The van der Waals surface area contributed by atoms with Gasteiger partial charge in [-0.3, -0.25) is 4.79 Å². The Balaban J connectivity index is 1.84. The lowest BCUT2D eigenvalue weighted by Gasteiger charge is -2.22. The Kier molecular flexibility index (Phi) is 6.66. The van der Waals surface area contributed by atoms with Crippen molar-refractivity contribution < 1.29 is 14.3 Å². The van der Waals surface area contributed by atoms with Crippen molar-refractivity contribution >= 4 is 35.1 Å². The maximum atomic E-state index is 12.0. The van der Waals surface area contributed by atoms with E-state index in [0.29, 0.717) is 12.5 Å². The number of ether oxygens (including phenoxy) is 1. The van der Waals surface area contributed by atoms with E-state index < -0.39 is 12.1 Å². The van der Waals surface area contributed by atoms with Gasteiger partial charge in [-0.05, 0) is 37.8 Å². The summed E-state index contributed by atoms with van der Waals surface area (Å²) in [6.07, 6.45) is 5.05. The molecule has 1 fully saturated rings. The lowest BCUT2D eigenvalue weighted by molar-refractivity contribution is -0.129. The van der Waals surface area contributed by atoms with Gasteiger partial charge >= 0.3 is 5.97 Å². The van der Waals surface area contributed by atoms with Crippen LogP contribution in [0.3, 0.4) is 0 Å². The molecule has 126 valence electrons. The second kappa shape index (κ2) is 8.50. The standard InChI is InChI=1S/C16H20Cl2N2O3/c1-10(15(21)19-9-11-5-3-2-4-6-11)23-16(22)14-12(17)7-8-13(18)20-14/h7-8,10-11H,2-6,9H2,1H3,(H,19,21)/t10-/m0/s1. The van der Waals surface area contributed by atoms with Gasteiger partial charge in [0.1, 0.15) is 5.15 Å². The van der Waals surface area contributed by atoms with E-state index in [1.807, 2.05) is 0 Å². The van der Waals surface area contributed by atoms with E-state index in [0.717, 1.165) is 12.8 Å². The molecule has 1 amide bonds. The molecule has 1 aromatic heterocycles. The third kappa shape index (κ3) is 5.36. The van der Waals surface area contributed by atoms with Crippen LogP contribution >= 0.6 is 23.2 Å². The third-order valence-electron chi connectivity index (χ3n) is 3.95. The van der Waals surface area contributed by atoms with Crippen LogP contribution in [0.5, 0.6) is 0 Å². The fourth-order valence-electron chi connectivity index (χ4n) is 2.61. The molecule has 0 unspecified atom stereocenters. The van der Waals surface area contributed by atoms with Gasteiger partial charge in [0.15, 0.2) is 11.8 Å². The number of halogens is 2. The molecular formula is C16H20Cl2N2O3. The van der Waals surface area contributed by atoms with Crippen LogP contribution < -0.4 is 5.32 Å². The van der Waals surface area contributed by atoms with Crippen LogP contribution in [0.2, 0.25) is 10.2 Å². The van der Waals surface area contributed by atoms with Crippen LogP contribution in [-0.2, 0) is 9.53 Å². The number of nitrogens with one attached hydrogen (secondary N) is 1. The number of nitrogens with zero attached hydrogens (tertiary/aromatic N) is 1. The highest BCUT2D eigenvalue weighted by Crippen LogP contribution is 2.23. The number of pyridine rings is 1. The van der Waals surface area contributed by atoms with Crippen molar-refractivity contribution in [1.29, 1.82) is 0 Å². The monoisotopic (exact) mass is 358 g/mol. The van der Waals surface area contributed by atoms with Crippen LogP contribution in [-0.4, -0.2) is 29.5 Å². The van der Waals surface area contributed by atoms with Crippen molar-refractivity contribution in [3.05, 3.63) is 28.0 Å². The molecule has 1 aliphatic carbocycles. The first-order valence-electron chi connectivity index (χ1n) is 7.78. The zero-order chi connectivity index (χ0) is 16.8. The Morgan fingerprint density at radius 1 is 1.30 bits per heavy atom. The highest BCUT2D eigenvalue weighted by molar-refractivity contribution is 6.34. The minimum Gasteiger partial charge on any atom is -0.448 e. The van der Waals surface area contributed by atoms with E-state index in [1.54, 1.807) is 0 Å². The highest BCUT2D eigenvalue weighted by Gasteiger charge is 2.23. The zero-order valence-corrected chi connectivity index (χ0v) is 14.5. The molecule has 7 heteroatoms. The third-order valence-corrected chi connectivity index (χ3v) is 4.46. The predicted molar refractivity (Wildman–Crippen MR) is 88.7 cm³/mol. The molecule has 23 heavy (non-hydrogen) atoms. The summed E-state index contributed by atoms with van der Waals surface area (Å²) >= 11 is 11.6. The Morgan fingerprint density at radius 3 is 2.70 bits per heavy atom. The van der Waals surface area contributed by atoms with Gasteiger partial charge in [-0.15, -0.1) is 0 Å². The number of rotatable bonds is 5. The number of hydrogen-bond donors (Lipinski definition) is 1. The second-order valence-electron chi connectivity index (χ2n) is 5.76. The van der Waals surface area contributed by atoms with Gasteiger partial charge in [0.05, 0.1) is 5.02 Å². The Morgan fingerprint density at radius 2 is 2.00 bits per heavy atom. The fraction of sp³-hybridized carbons (Fsp3) is 0.562. The lowest BCUT2D eigenvalue weighted by Crippen LogP contribution is -2.38. The van der Waals surface area contributed by atoms with Crippen LogP contribution in [0.4, 0.5) is 0 Å². The first-order valence-corrected chi connectivity index (χ1v) is 8.53. The maximum Gasteiger partial charge on any atom is 0.359 e. The second-order valence-corrected chi connectivity index (χ2v) is 6.56. The number of amides is 1. The van der Waals surface area contributed by atoms with Gasteiger partial charge in [0.2, 0.25) is 0 Å². The number of aromatic nitrogens is 1. The van der Waals surface area contributed by atoms with Crippen molar-refractivity contribution in [2.24, 2.45) is 5.92 Å². The van der Waals surface area contributed by atoms with Crippen LogP contribution in [0.15, 0.2) is 12.1 Å². The summed E-state index contributed by atoms with van der Waals surface area (Å²) < 4.78 is 5.12. The number of carbonyl (C=O) groups is 2. The molecule has 0 saturated heterocycles. The summed E-state index contributed by atoms with van der Waals surface area (Å²) in [5.74, 6) is -0.570. The minimum atomic E-state index is -0.914. The maximum absolute atomic E-state index is 12.0. The topological polar surface area (TPSA) is 68.3 Å². The smallest absolute Gasteiger partial charge is 0.359 e. The van der Waals surface area contributed by atoms with Gasteiger partial charge in [0.25, 0.3) is 5.91 Å². The van der Waals surface area contributed by atoms with Crippen molar-refractivity contribution in [2.75, 3.05) is 6.54 Å². The minimum absolute atomic E-state index is 0.0916. The number of hydrogen-bond acceptors (Lipinski definition) is 4. The summed E-state index contributed by atoms with van der Waals surface area (Å²) in [6, 6.07) is 2.93. The molecule has 5 nitrogen and oxygen atoms in total. The quantitative estimate of drug-likeness (QED) is 0.644. The van der Waals surface area contributed by atoms with Crippen LogP contribution in [0, 0.1) is 5.92 Å². The van der Waals surface area contributed by atoms with Gasteiger partial charge in [-0.25, -0.2) is 9.78 Å². The molecule has 1 aliphatic rings. The van der Waals surface area contributed by atoms with Gasteiger partial charge in [-0.1, -0.05) is 42.5 Å². The Bertz CT molecular complexity index is 574. The Hall–Kier alpha value is -1.33. The summed E-state index contributed by atoms with van der Waals surface area (Å²) in [5, 5.41) is 3.11. The summed E-state index contributed by atoms with van der Waals surface area (Å²) in [7, 11) is 0. The first kappa shape index (κ1) is 18.0. The summed E-state index contributed by atoms with van der Waals surface area (Å²) in [5.41, 5.74) is -0.0916. The van der Waals surface area contributed by atoms with Gasteiger partial charge in [-0.2, -0.15) is 0 Å². The van der Waals surface area contributed by atoms with E-state index in [4.69, 9.17) is 27.9 Å². The largest absolute Gasteiger partial charge is 0.448 e. The van der Waals surface area contributed by atoms with Crippen molar-refractivity contribution in [3.8, 4) is 0 Å². The lowest BCUT2D eigenvalue weighted by atomic mass is 9.89. The van der Waals surface area contributed by atoms with E-state index in [-0.39, 0.29) is 21.8 Å². The average molecular weight is 359 g/mol. The normalized spacial score (nSPS) is 16.7. The molecule has 0 radical (unpaired) electrons. The van der Waals surface area contributed by atoms with Crippen LogP contribution in [0.25, 0.3) is 0 Å². The van der Waals surface area contributed by atoms with E-state index in [1.165, 1.54) is 38.3 Å². The SMILES string of the molecule is C[C@H](OC(=O)c1nc(Cl)ccc1Cl)C(=O)NCC1CCCCC1. The molecule has 0 aliphatic heterocycles. The van der Waals surface area contributed by atoms with Crippen molar-refractivity contribution in [1.82, 2.24) is 10.3 Å². The van der Waals surface area contributed by atoms with E-state index >= 15 is 0 Å². The van der Waals surface area contributed by atoms with Gasteiger partial charge < -0.3 is 10.1 Å². The Labute approximate surface area is 145 Å². The molecule has 0 spiro atoms. The van der Waals surface area contributed by atoms with Crippen LogP contribution in [0.1, 0.15) is 49.5 Å². The molecule has 1 saturated carbocycles. The van der Waals surface area contributed by atoms with Crippen molar-refractivity contribution in [3.63, 3.8) is 0 Å². The molecule has 0 aromatic carbocycles. The molecule has 1 atom stereocenters. The predicted octanol–water partition coefficient (Wildman–Crippen LogP) is 3.63. The molecule has 1 heterocycles. The molecule has 0 bridgehead atoms. The molecule has 1 N–H and O–H groups in total. The van der Waals surface area contributed by atoms with E-state index in [2.05, 4.69) is 10.3 Å². The number of carbonyl (C=O) groups excluding carboxylic acids is 2. The fourth-order valence-corrected chi connectivity index (χ4v) is 2.94. The summed E-state index contributed by atoms with van der Waals surface area (Å²) in [6.45, 7) is 2.14. The zero-order valence-electron chi connectivity index (χ0n) is 13.0. The molecular weight excluding hydrogens is 339 g/mol. The molecule has 2 rings (SSSR count). The molecule has 1 aromatic rings. The van der Waals surface area contributed by atoms with Crippen molar-refractivity contribution in [2.45, 2.75) is 45.1 Å². The van der Waals surface area contributed by atoms with E-state index in [9.17, 15) is 9.59 Å². The average Bonchev–Trinajstić information content (AvgIpc) is 2.55. The number of esters is 1.